The first kappa shape index (κ1) is 19.2. The Bertz CT molecular complexity index is 812. The van der Waals surface area contributed by atoms with Gasteiger partial charge in [-0.1, -0.05) is 19.1 Å². The van der Waals surface area contributed by atoms with Crippen molar-refractivity contribution in [2.45, 2.75) is 19.8 Å². The minimum Gasteiger partial charge on any atom is -0.355 e. The van der Waals surface area contributed by atoms with Crippen molar-refractivity contribution in [1.82, 2.24) is 15.1 Å². The molecule has 0 atom stereocenters. The third-order valence-corrected chi connectivity index (χ3v) is 6.43. The van der Waals surface area contributed by atoms with Crippen LogP contribution in [-0.2, 0) is 0 Å². The van der Waals surface area contributed by atoms with Crippen LogP contribution in [0.5, 0.6) is 0 Å². The monoisotopic (exact) mass is 443 g/mol. The first-order chi connectivity index (χ1) is 13.6. The Kier molecular flexibility index (Phi) is 5.80. The van der Waals surface area contributed by atoms with Gasteiger partial charge in [0.05, 0.1) is 5.56 Å². The Balaban J connectivity index is 1.35. The van der Waals surface area contributed by atoms with Gasteiger partial charge in [0.2, 0.25) is 0 Å². The Morgan fingerprint density at radius 1 is 0.893 bits per heavy atom. The first-order valence-corrected chi connectivity index (χ1v) is 10.8. The molecule has 0 bridgehead atoms. The van der Waals surface area contributed by atoms with Crippen LogP contribution in [0.25, 0.3) is 0 Å². The lowest BCUT2D eigenvalue weighted by molar-refractivity contribution is 0.0745. The van der Waals surface area contributed by atoms with Gasteiger partial charge in [0, 0.05) is 43.7 Å². The number of benzene rings is 1. The highest BCUT2D eigenvalue weighted by Gasteiger charge is 2.24. The van der Waals surface area contributed by atoms with Crippen LogP contribution in [0.4, 0.5) is 11.6 Å². The molecule has 0 unspecified atom stereocenters. The highest BCUT2D eigenvalue weighted by Crippen LogP contribution is 2.23. The number of nitrogens with zero attached hydrogens (tertiary/aromatic N) is 5. The summed E-state index contributed by atoms with van der Waals surface area (Å²) >= 11 is 3.47. The van der Waals surface area contributed by atoms with E-state index in [1.165, 1.54) is 12.8 Å². The number of piperazine rings is 1. The third-order valence-electron chi connectivity index (χ3n) is 5.74. The predicted octanol–water partition coefficient (Wildman–Crippen LogP) is 3.44. The van der Waals surface area contributed by atoms with E-state index in [1.54, 1.807) is 0 Å². The average molecular weight is 444 g/mol. The molecule has 1 aromatic heterocycles. The molecule has 2 aliphatic heterocycles. The second-order valence-corrected chi connectivity index (χ2v) is 8.53. The summed E-state index contributed by atoms with van der Waals surface area (Å²) in [6.07, 6.45) is 2.44. The number of carbonyl (C=O) groups is 1. The van der Waals surface area contributed by atoms with Crippen molar-refractivity contribution in [1.29, 1.82) is 0 Å². The van der Waals surface area contributed by atoms with Gasteiger partial charge in [-0.25, -0.2) is 0 Å². The van der Waals surface area contributed by atoms with Gasteiger partial charge in [-0.2, -0.15) is 0 Å². The van der Waals surface area contributed by atoms with E-state index >= 15 is 0 Å². The summed E-state index contributed by atoms with van der Waals surface area (Å²) in [6, 6.07) is 11.7. The highest BCUT2D eigenvalue weighted by atomic mass is 79.9. The number of aromatic nitrogens is 2. The number of halogens is 1. The third kappa shape index (κ3) is 4.14. The van der Waals surface area contributed by atoms with Crippen LogP contribution in [0, 0.1) is 5.92 Å². The lowest BCUT2D eigenvalue weighted by atomic mass is 9.99. The SMILES string of the molecule is CC1CCN(c2ccc(N3CCN(C(=O)c4ccccc4Br)CC3)nn2)CC1. The van der Waals surface area contributed by atoms with Crippen molar-refractivity contribution in [2.24, 2.45) is 5.92 Å². The summed E-state index contributed by atoms with van der Waals surface area (Å²) in [5, 5.41) is 8.93. The Hall–Kier alpha value is -2.15. The molecule has 0 aliphatic carbocycles. The zero-order chi connectivity index (χ0) is 19.5. The van der Waals surface area contributed by atoms with Gasteiger partial charge in [-0.05, 0) is 59.0 Å². The molecule has 2 aromatic rings. The Morgan fingerprint density at radius 2 is 1.46 bits per heavy atom. The maximum Gasteiger partial charge on any atom is 0.255 e. The molecule has 2 fully saturated rings. The normalized spacial score (nSPS) is 18.4. The van der Waals surface area contributed by atoms with E-state index in [-0.39, 0.29) is 5.91 Å². The van der Waals surface area contributed by atoms with Gasteiger partial charge >= 0.3 is 0 Å². The number of carbonyl (C=O) groups excluding carboxylic acids is 1. The lowest BCUT2D eigenvalue weighted by Gasteiger charge is -2.35. The van der Waals surface area contributed by atoms with Crippen molar-refractivity contribution >= 4 is 33.5 Å². The van der Waals surface area contributed by atoms with Crippen molar-refractivity contribution in [2.75, 3.05) is 49.1 Å². The smallest absolute Gasteiger partial charge is 0.255 e. The summed E-state index contributed by atoms with van der Waals surface area (Å²) in [4.78, 5) is 19.2. The topological polar surface area (TPSA) is 52.6 Å². The van der Waals surface area contributed by atoms with E-state index < -0.39 is 0 Å². The second-order valence-electron chi connectivity index (χ2n) is 7.68. The van der Waals surface area contributed by atoms with Crippen LogP contribution in [0.15, 0.2) is 40.9 Å². The number of anilines is 2. The molecule has 3 heterocycles. The number of piperidine rings is 1. The lowest BCUT2D eigenvalue weighted by Crippen LogP contribution is -2.49. The van der Waals surface area contributed by atoms with Gasteiger partial charge < -0.3 is 14.7 Å². The zero-order valence-electron chi connectivity index (χ0n) is 16.2. The number of hydrogen-bond acceptors (Lipinski definition) is 5. The molecule has 28 heavy (non-hydrogen) atoms. The van der Waals surface area contributed by atoms with Gasteiger partial charge in [0.15, 0.2) is 11.6 Å². The fourth-order valence-corrected chi connectivity index (χ4v) is 4.29. The fourth-order valence-electron chi connectivity index (χ4n) is 3.84. The molecule has 0 N–H and O–H groups in total. The van der Waals surface area contributed by atoms with Gasteiger partial charge in [-0.15, -0.1) is 10.2 Å². The van der Waals surface area contributed by atoms with Gasteiger partial charge in [0.1, 0.15) is 0 Å². The zero-order valence-corrected chi connectivity index (χ0v) is 17.8. The molecule has 0 radical (unpaired) electrons. The Labute approximate surface area is 174 Å². The number of hydrogen-bond donors (Lipinski definition) is 0. The number of rotatable bonds is 3. The van der Waals surface area contributed by atoms with E-state index in [0.717, 1.165) is 53.8 Å². The molecule has 1 aromatic carbocycles. The van der Waals surface area contributed by atoms with E-state index in [4.69, 9.17) is 0 Å². The Morgan fingerprint density at radius 3 is 2.04 bits per heavy atom. The second kappa shape index (κ2) is 8.47. The predicted molar refractivity (Wildman–Crippen MR) is 115 cm³/mol. The maximum absolute atomic E-state index is 12.8. The average Bonchev–Trinajstić information content (AvgIpc) is 2.74. The molecule has 0 spiro atoms. The van der Waals surface area contributed by atoms with E-state index in [2.05, 4.69) is 55.0 Å². The van der Waals surface area contributed by atoms with Crippen LogP contribution in [-0.4, -0.2) is 60.3 Å². The van der Waals surface area contributed by atoms with Gasteiger partial charge in [0.25, 0.3) is 5.91 Å². The first-order valence-electron chi connectivity index (χ1n) is 9.99. The molecular formula is C21H26BrN5O. The van der Waals surface area contributed by atoms with Crippen LogP contribution >= 0.6 is 15.9 Å². The maximum atomic E-state index is 12.8. The summed E-state index contributed by atoms with van der Waals surface area (Å²) in [5.74, 6) is 2.74. The minimum absolute atomic E-state index is 0.0767. The van der Waals surface area contributed by atoms with Crippen molar-refractivity contribution < 1.29 is 4.79 Å². The molecule has 1 amide bonds. The molecule has 2 aliphatic rings. The van der Waals surface area contributed by atoms with E-state index in [0.29, 0.717) is 13.1 Å². The summed E-state index contributed by atoms with van der Waals surface area (Å²) < 4.78 is 0.844. The molecular weight excluding hydrogens is 418 g/mol. The molecule has 0 saturated carbocycles. The quantitative estimate of drug-likeness (QED) is 0.726. The molecule has 148 valence electrons. The standard InChI is InChI=1S/C21H26BrN5O/c1-16-8-10-25(11-9-16)19-6-7-20(24-23-19)26-12-14-27(15-13-26)21(28)17-4-2-3-5-18(17)22/h2-7,16H,8-15H2,1H3. The number of amides is 1. The van der Waals surface area contributed by atoms with Gasteiger partial charge in [-0.3, -0.25) is 4.79 Å². The van der Waals surface area contributed by atoms with Crippen LogP contribution < -0.4 is 9.80 Å². The molecule has 2 saturated heterocycles. The van der Waals surface area contributed by atoms with Crippen molar-refractivity contribution in [3.05, 3.63) is 46.4 Å². The van der Waals surface area contributed by atoms with Crippen LogP contribution in [0.2, 0.25) is 0 Å². The van der Waals surface area contributed by atoms with E-state index in [9.17, 15) is 4.79 Å². The van der Waals surface area contributed by atoms with Crippen molar-refractivity contribution in [3.63, 3.8) is 0 Å². The summed E-state index contributed by atoms with van der Waals surface area (Å²) in [6.45, 7) is 7.35. The van der Waals surface area contributed by atoms with Crippen LogP contribution in [0.1, 0.15) is 30.1 Å². The van der Waals surface area contributed by atoms with Crippen LogP contribution in [0.3, 0.4) is 0 Å². The molecule has 6 nitrogen and oxygen atoms in total. The van der Waals surface area contributed by atoms with Crippen molar-refractivity contribution in [3.8, 4) is 0 Å². The highest BCUT2D eigenvalue weighted by molar-refractivity contribution is 9.10. The molecule has 4 rings (SSSR count). The minimum atomic E-state index is 0.0767. The molecule has 7 heteroatoms. The van der Waals surface area contributed by atoms with E-state index in [1.807, 2.05) is 29.2 Å². The summed E-state index contributed by atoms with van der Waals surface area (Å²) in [5.41, 5.74) is 0.718. The summed E-state index contributed by atoms with van der Waals surface area (Å²) in [7, 11) is 0. The fraction of sp³-hybridized carbons (Fsp3) is 0.476. The largest absolute Gasteiger partial charge is 0.355 e.